The molecule has 3 aromatic rings. The number of nitrogens with zero attached hydrogens (tertiary/aromatic N) is 1. The molecule has 10 heteroatoms. The van der Waals surface area contributed by atoms with E-state index in [1.54, 1.807) is 42.5 Å². The maximum atomic E-state index is 14.1. The van der Waals surface area contributed by atoms with E-state index in [0.29, 0.717) is 58.5 Å². The molecular weight excluding hydrogens is 499 g/mol. The van der Waals surface area contributed by atoms with Crippen molar-refractivity contribution in [3.05, 3.63) is 87.2 Å². The second-order valence-electron chi connectivity index (χ2n) is 7.51. The van der Waals surface area contributed by atoms with Crippen molar-refractivity contribution in [2.24, 2.45) is 0 Å². The zero-order valence-electron chi connectivity index (χ0n) is 17.9. The van der Waals surface area contributed by atoms with Gasteiger partial charge in [-0.25, -0.2) is 12.8 Å². The van der Waals surface area contributed by atoms with Gasteiger partial charge < -0.3 is 14.2 Å². The maximum Gasteiger partial charge on any atom is 1.00 e. The summed E-state index contributed by atoms with van der Waals surface area (Å²) in [6, 6.07) is 14.3. The van der Waals surface area contributed by atoms with Crippen LogP contribution in [0.2, 0.25) is 10.0 Å². The summed E-state index contributed by atoms with van der Waals surface area (Å²) in [5.41, 5.74) is 2.35. The minimum Gasteiger partial charge on any atom is -0.744 e. The maximum absolute atomic E-state index is 14.1. The number of ether oxygens (including phenoxy) is 1. The summed E-state index contributed by atoms with van der Waals surface area (Å²) in [7, 11) is -4.57. The van der Waals surface area contributed by atoms with Crippen LogP contribution in [0.3, 0.4) is 0 Å². The van der Waals surface area contributed by atoms with Crippen LogP contribution in [0.1, 0.15) is 23.1 Å². The number of halogens is 3. The molecule has 3 aromatic carbocycles. The second kappa shape index (κ2) is 11.0. The van der Waals surface area contributed by atoms with Gasteiger partial charge in [-0.2, -0.15) is 0 Å². The molecule has 168 valence electrons. The fourth-order valence-corrected chi connectivity index (χ4v) is 4.99. The Morgan fingerprint density at radius 1 is 1.03 bits per heavy atom. The normalized spacial score (nSPS) is 13.3. The van der Waals surface area contributed by atoms with E-state index in [2.05, 4.69) is 0 Å². The zero-order valence-corrected chi connectivity index (χ0v) is 22.2. The summed E-state index contributed by atoms with van der Waals surface area (Å²) in [4.78, 5) is 1.81. The number of fused-ring (bicyclic) bond motifs is 1. The summed E-state index contributed by atoms with van der Waals surface area (Å²) in [5, 5.41) is 0.819. The Balaban J connectivity index is 0.00000306. The third kappa shape index (κ3) is 6.22. The van der Waals surface area contributed by atoms with Crippen molar-refractivity contribution in [2.45, 2.75) is 30.9 Å². The van der Waals surface area contributed by atoms with Crippen LogP contribution < -0.4 is 39.2 Å². The Bertz CT molecular complexity index is 1270. The number of rotatable bonds is 6. The van der Waals surface area contributed by atoms with Crippen molar-refractivity contribution < 1.29 is 51.7 Å². The van der Waals surface area contributed by atoms with E-state index in [0.717, 1.165) is 5.56 Å². The Kier molecular flexibility index (Phi) is 8.72. The van der Waals surface area contributed by atoms with Gasteiger partial charge in [-0.3, -0.25) is 0 Å². The first kappa shape index (κ1) is 26.3. The molecule has 0 bridgehead atoms. The molecule has 33 heavy (non-hydrogen) atoms. The molecule has 0 spiro atoms. The molecule has 1 aliphatic rings. The van der Waals surface area contributed by atoms with Gasteiger partial charge in [0.1, 0.15) is 28.3 Å². The van der Waals surface area contributed by atoms with Gasteiger partial charge in [-0.1, -0.05) is 35.3 Å². The molecular formula is C23H19Cl2FNNaO4S. The first-order chi connectivity index (χ1) is 15.2. The molecule has 0 radical (unpaired) electrons. The third-order valence-electron chi connectivity index (χ3n) is 5.36. The van der Waals surface area contributed by atoms with Gasteiger partial charge in [-0.05, 0) is 60.9 Å². The van der Waals surface area contributed by atoms with Crippen LogP contribution in [-0.2, 0) is 29.7 Å². The van der Waals surface area contributed by atoms with Crippen molar-refractivity contribution in [1.82, 2.24) is 0 Å². The summed E-state index contributed by atoms with van der Waals surface area (Å²) < 4.78 is 55.1. The van der Waals surface area contributed by atoms with Crippen LogP contribution in [0.15, 0.2) is 59.5 Å². The van der Waals surface area contributed by atoms with Crippen molar-refractivity contribution >= 4 is 39.0 Å². The minimum absolute atomic E-state index is 0. The Morgan fingerprint density at radius 2 is 1.76 bits per heavy atom. The molecule has 0 amide bonds. The van der Waals surface area contributed by atoms with Crippen LogP contribution in [0.4, 0.5) is 10.1 Å². The Hall–Kier alpha value is -1.32. The van der Waals surface area contributed by atoms with Gasteiger partial charge in [0.25, 0.3) is 0 Å². The van der Waals surface area contributed by atoms with Gasteiger partial charge in [0, 0.05) is 39.9 Å². The largest absolute Gasteiger partial charge is 1.00 e. The topological polar surface area (TPSA) is 69.7 Å². The average Bonchev–Trinajstić information content (AvgIpc) is 2.73. The molecule has 0 aliphatic carbocycles. The predicted molar refractivity (Wildman–Crippen MR) is 121 cm³/mol. The van der Waals surface area contributed by atoms with Crippen LogP contribution >= 0.6 is 23.2 Å². The molecule has 0 atom stereocenters. The summed E-state index contributed by atoms with van der Waals surface area (Å²) >= 11 is 12.0. The first-order valence-electron chi connectivity index (χ1n) is 9.90. The smallest absolute Gasteiger partial charge is 0.744 e. The van der Waals surface area contributed by atoms with Crippen molar-refractivity contribution in [2.75, 3.05) is 11.4 Å². The molecule has 0 N–H and O–H groups in total. The van der Waals surface area contributed by atoms with E-state index in [9.17, 15) is 17.4 Å². The molecule has 1 aliphatic heterocycles. The van der Waals surface area contributed by atoms with Crippen molar-refractivity contribution in [3.63, 3.8) is 0 Å². The summed E-state index contributed by atoms with van der Waals surface area (Å²) in [5.74, 6) is 0.0767. The van der Waals surface area contributed by atoms with Crippen LogP contribution in [0.5, 0.6) is 5.75 Å². The van der Waals surface area contributed by atoms with E-state index < -0.39 is 15.9 Å². The molecule has 4 rings (SSSR count). The Labute approximate surface area is 224 Å². The molecule has 0 fully saturated rings. The number of hydrogen-bond donors (Lipinski definition) is 0. The molecule has 1 heterocycles. The van der Waals surface area contributed by atoms with Crippen LogP contribution in [-0.4, -0.2) is 19.5 Å². The zero-order chi connectivity index (χ0) is 22.9. The Morgan fingerprint density at radius 3 is 2.48 bits per heavy atom. The molecule has 0 saturated heterocycles. The standard InChI is InChI=1S/C23H20Cl2FNO4S.Na/c24-17-8-9-22(31-14-15-6-7-18(25)12-20(15)26)16(11-17)13-27-10-2-3-19-21(27)4-1-5-23(19)32(28,29)30;/h1,4-9,11-12H,2-3,10,13-14H2,(H,28,29,30);/q;+1/p-1. The number of hydrogen-bond acceptors (Lipinski definition) is 5. The third-order valence-corrected chi connectivity index (χ3v) is 6.75. The first-order valence-corrected chi connectivity index (χ1v) is 12.1. The molecule has 0 aromatic heterocycles. The van der Waals surface area contributed by atoms with Gasteiger partial charge in [0.2, 0.25) is 0 Å². The monoisotopic (exact) mass is 517 g/mol. The summed E-state index contributed by atoms with van der Waals surface area (Å²) in [6.45, 7) is 1.06. The predicted octanol–water partition coefficient (Wildman–Crippen LogP) is 2.57. The van der Waals surface area contributed by atoms with Crippen LogP contribution in [0, 0.1) is 5.82 Å². The van der Waals surface area contributed by atoms with Gasteiger partial charge in [0.15, 0.2) is 0 Å². The molecule has 0 saturated carbocycles. The fraction of sp³-hybridized carbons (Fsp3) is 0.217. The average molecular weight is 518 g/mol. The van der Waals surface area contributed by atoms with Crippen molar-refractivity contribution in [3.8, 4) is 5.75 Å². The van der Waals surface area contributed by atoms with Crippen LogP contribution in [0.25, 0.3) is 0 Å². The molecule has 5 nitrogen and oxygen atoms in total. The van der Waals surface area contributed by atoms with Gasteiger partial charge >= 0.3 is 29.6 Å². The van der Waals surface area contributed by atoms with Gasteiger partial charge in [-0.15, -0.1) is 0 Å². The van der Waals surface area contributed by atoms with Crippen molar-refractivity contribution in [1.29, 1.82) is 0 Å². The van der Waals surface area contributed by atoms with Gasteiger partial charge in [0.05, 0.1) is 4.90 Å². The van der Waals surface area contributed by atoms with E-state index in [1.807, 2.05) is 4.90 Å². The minimum atomic E-state index is -4.57. The quantitative estimate of drug-likeness (QED) is 0.371. The SMILES string of the molecule is O=S(=O)([O-])c1cccc2c1CCCN2Cc1cc(Cl)ccc1OCc1ccc(Cl)cc1F.[Na+]. The number of anilines is 1. The second-order valence-corrected chi connectivity index (χ2v) is 9.73. The van der Waals surface area contributed by atoms with E-state index in [-0.39, 0.29) is 41.1 Å². The number of benzene rings is 3. The fourth-order valence-electron chi connectivity index (χ4n) is 3.88. The molecule has 0 unspecified atom stereocenters. The van der Waals surface area contributed by atoms with E-state index in [1.165, 1.54) is 12.1 Å². The van der Waals surface area contributed by atoms with E-state index in [4.69, 9.17) is 27.9 Å². The van der Waals surface area contributed by atoms with E-state index >= 15 is 0 Å². The summed E-state index contributed by atoms with van der Waals surface area (Å²) in [6.07, 6.45) is 1.21.